The fourth-order valence-corrected chi connectivity index (χ4v) is 3.27. The lowest BCUT2D eigenvalue weighted by Crippen LogP contribution is -2.29. The highest BCUT2D eigenvalue weighted by Gasteiger charge is 2.21. The maximum Gasteiger partial charge on any atom is 0.356 e. The molecule has 0 radical (unpaired) electrons. The molecule has 8 heteroatoms. The molecule has 3 heterocycles. The van der Waals surface area contributed by atoms with Crippen LogP contribution in [0.2, 0.25) is 0 Å². The van der Waals surface area contributed by atoms with E-state index in [2.05, 4.69) is 15.1 Å². The van der Waals surface area contributed by atoms with Gasteiger partial charge in [0.25, 0.3) is 5.95 Å². The zero-order valence-electron chi connectivity index (χ0n) is 15.0. The molecule has 0 aliphatic rings. The van der Waals surface area contributed by atoms with E-state index in [4.69, 9.17) is 4.74 Å². The summed E-state index contributed by atoms with van der Waals surface area (Å²) in [4.78, 5) is 21.2. The Hall–Kier alpha value is -3.55. The van der Waals surface area contributed by atoms with Crippen LogP contribution < -0.4 is 10.4 Å². The summed E-state index contributed by atoms with van der Waals surface area (Å²) < 4.78 is 22.4. The van der Waals surface area contributed by atoms with Crippen molar-refractivity contribution in [1.82, 2.24) is 24.1 Å². The van der Waals surface area contributed by atoms with Crippen LogP contribution in [0.1, 0.15) is 11.3 Å². The lowest BCUT2D eigenvalue weighted by atomic mass is 10.0. The number of hydrogen-bond donors (Lipinski definition) is 0. The first-order valence-corrected chi connectivity index (χ1v) is 8.24. The van der Waals surface area contributed by atoms with Gasteiger partial charge in [0.05, 0.1) is 18.8 Å². The number of aromatic nitrogens is 5. The minimum atomic E-state index is -0.422. The zero-order chi connectivity index (χ0) is 19.1. The number of fused-ring (bicyclic) bond motifs is 1. The van der Waals surface area contributed by atoms with Crippen molar-refractivity contribution in [3.63, 3.8) is 0 Å². The van der Waals surface area contributed by atoms with Crippen LogP contribution in [0.4, 0.5) is 4.39 Å². The minimum absolute atomic E-state index is 0.171. The number of halogens is 1. The Kier molecular flexibility index (Phi) is 3.95. The molecule has 0 bridgehead atoms. The molecule has 0 amide bonds. The smallest absolute Gasteiger partial charge is 0.356 e. The molecule has 0 atom stereocenters. The van der Waals surface area contributed by atoms with Gasteiger partial charge in [-0.3, -0.25) is 4.40 Å². The molecule has 1 aromatic carbocycles. The van der Waals surface area contributed by atoms with E-state index in [9.17, 15) is 9.18 Å². The first-order chi connectivity index (χ1) is 13.0. The van der Waals surface area contributed by atoms with Gasteiger partial charge in [0.2, 0.25) is 0 Å². The number of ether oxygens (including phenoxy) is 1. The second-order valence-corrected chi connectivity index (χ2v) is 6.04. The van der Waals surface area contributed by atoms with Gasteiger partial charge in [-0.1, -0.05) is 0 Å². The molecule has 0 N–H and O–H groups in total. The highest BCUT2D eigenvalue weighted by molar-refractivity contribution is 5.79. The summed E-state index contributed by atoms with van der Waals surface area (Å²) in [6.07, 6.45) is 4.62. The third kappa shape index (κ3) is 2.57. The van der Waals surface area contributed by atoms with Gasteiger partial charge in [-0.15, -0.1) is 4.68 Å². The van der Waals surface area contributed by atoms with Gasteiger partial charge < -0.3 is 4.74 Å². The zero-order valence-corrected chi connectivity index (χ0v) is 15.0. The Morgan fingerprint density at radius 2 is 1.89 bits per heavy atom. The molecule has 0 saturated heterocycles. The van der Waals surface area contributed by atoms with Gasteiger partial charge >= 0.3 is 5.69 Å². The van der Waals surface area contributed by atoms with Crippen LogP contribution in [0.25, 0.3) is 22.6 Å². The largest absolute Gasteiger partial charge is 0.497 e. The van der Waals surface area contributed by atoms with Crippen LogP contribution in [0.5, 0.6) is 5.75 Å². The van der Waals surface area contributed by atoms with Crippen LogP contribution in [-0.4, -0.2) is 31.3 Å². The van der Waals surface area contributed by atoms with Crippen molar-refractivity contribution in [2.24, 2.45) is 0 Å². The Morgan fingerprint density at radius 3 is 2.59 bits per heavy atom. The van der Waals surface area contributed by atoms with E-state index >= 15 is 0 Å². The van der Waals surface area contributed by atoms with Crippen molar-refractivity contribution in [3.05, 3.63) is 70.4 Å². The molecule has 7 nitrogen and oxygen atoms in total. The number of nitrogens with zero attached hydrogens (tertiary/aromatic N) is 5. The van der Waals surface area contributed by atoms with Crippen LogP contribution in [0.15, 0.2) is 47.7 Å². The van der Waals surface area contributed by atoms with E-state index < -0.39 is 11.5 Å². The highest BCUT2D eigenvalue weighted by Crippen LogP contribution is 2.34. The van der Waals surface area contributed by atoms with E-state index in [1.54, 1.807) is 31.3 Å². The second-order valence-electron chi connectivity index (χ2n) is 6.04. The lowest BCUT2D eigenvalue weighted by Gasteiger charge is -2.07. The summed E-state index contributed by atoms with van der Waals surface area (Å²) in [5.74, 6) is 0.315. The first-order valence-electron chi connectivity index (χ1n) is 8.24. The predicted molar refractivity (Wildman–Crippen MR) is 97.8 cm³/mol. The van der Waals surface area contributed by atoms with E-state index in [-0.39, 0.29) is 5.95 Å². The minimum Gasteiger partial charge on any atom is -0.497 e. The third-order valence-electron chi connectivity index (χ3n) is 4.55. The van der Waals surface area contributed by atoms with Crippen molar-refractivity contribution in [2.45, 2.75) is 13.8 Å². The van der Waals surface area contributed by atoms with Crippen LogP contribution in [0, 0.1) is 19.7 Å². The van der Waals surface area contributed by atoms with Gasteiger partial charge in [-0.05, 0) is 43.7 Å². The van der Waals surface area contributed by atoms with Crippen molar-refractivity contribution >= 4 is 5.52 Å². The Morgan fingerprint density at radius 1 is 1.15 bits per heavy atom. The fraction of sp³-hybridized carbons (Fsp3) is 0.158. The Bertz CT molecular complexity index is 1210. The number of rotatable bonds is 3. The van der Waals surface area contributed by atoms with Gasteiger partial charge in [0, 0.05) is 29.2 Å². The van der Waals surface area contributed by atoms with E-state index in [1.165, 1.54) is 30.0 Å². The molecule has 0 aliphatic heterocycles. The number of methoxy groups -OCH3 is 1. The van der Waals surface area contributed by atoms with Crippen molar-refractivity contribution < 1.29 is 9.13 Å². The summed E-state index contributed by atoms with van der Waals surface area (Å²) in [6, 6.07) is 6.18. The topological polar surface area (TPSA) is 74.3 Å². The van der Waals surface area contributed by atoms with Crippen molar-refractivity contribution in [3.8, 4) is 22.8 Å². The molecular weight excluding hydrogens is 349 g/mol. The fourth-order valence-electron chi connectivity index (χ4n) is 3.27. The molecule has 4 rings (SSSR count). The normalized spacial score (nSPS) is 11.1. The average Bonchev–Trinajstić information content (AvgIpc) is 2.94. The molecule has 0 aliphatic carbocycles. The quantitative estimate of drug-likeness (QED) is 0.558. The van der Waals surface area contributed by atoms with Crippen LogP contribution in [0.3, 0.4) is 0 Å². The molecule has 136 valence electrons. The number of aryl methyl sites for hydroxylation is 2. The van der Waals surface area contributed by atoms with E-state index in [0.717, 1.165) is 10.2 Å². The van der Waals surface area contributed by atoms with Crippen molar-refractivity contribution in [1.29, 1.82) is 0 Å². The number of benzene rings is 1. The maximum absolute atomic E-state index is 14.5. The summed E-state index contributed by atoms with van der Waals surface area (Å²) in [7, 11) is 1.52. The Balaban J connectivity index is 2.03. The molecule has 0 spiro atoms. The molecular formula is C19H16FN5O2. The van der Waals surface area contributed by atoms with Crippen LogP contribution >= 0.6 is 0 Å². The summed E-state index contributed by atoms with van der Waals surface area (Å²) in [5, 5.41) is 4.18. The maximum atomic E-state index is 14.5. The summed E-state index contributed by atoms with van der Waals surface area (Å²) in [5.41, 5.74) is 2.54. The monoisotopic (exact) mass is 365 g/mol. The van der Waals surface area contributed by atoms with E-state index in [0.29, 0.717) is 28.1 Å². The average molecular weight is 365 g/mol. The lowest BCUT2D eigenvalue weighted by molar-refractivity contribution is 0.414. The predicted octanol–water partition coefficient (Wildman–Crippen LogP) is 2.71. The van der Waals surface area contributed by atoms with Gasteiger partial charge in [-0.25, -0.2) is 19.2 Å². The van der Waals surface area contributed by atoms with Gasteiger partial charge in [0.1, 0.15) is 11.6 Å². The first kappa shape index (κ1) is 16.9. The van der Waals surface area contributed by atoms with Crippen molar-refractivity contribution in [2.75, 3.05) is 7.11 Å². The Labute approximate surface area is 153 Å². The molecule has 0 saturated carbocycles. The van der Waals surface area contributed by atoms with E-state index in [1.807, 2.05) is 6.92 Å². The molecule has 4 aromatic rings. The second kappa shape index (κ2) is 6.31. The number of hydrogen-bond acceptors (Lipinski definition) is 5. The van der Waals surface area contributed by atoms with Gasteiger partial charge in [-0.2, -0.15) is 5.10 Å². The standard InChI is InChI=1S/C19H16FN5O2/c1-11-16-10-23-25(18-21-7-4-8-22-18)19(26)24(16)12(2)17(11)14-9-13(27-3)5-6-15(14)20/h4-10H,1-3H3. The summed E-state index contributed by atoms with van der Waals surface area (Å²) >= 11 is 0. The SMILES string of the molecule is COc1ccc(F)c(-c2c(C)c3cnn(-c4ncccn4)c(=O)n3c2C)c1. The molecule has 3 aromatic heterocycles. The molecule has 0 unspecified atom stereocenters. The summed E-state index contributed by atoms with van der Waals surface area (Å²) in [6.45, 7) is 3.60. The molecule has 27 heavy (non-hydrogen) atoms. The van der Waals surface area contributed by atoms with Crippen LogP contribution in [-0.2, 0) is 0 Å². The third-order valence-corrected chi connectivity index (χ3v) is 4.55. The van der Waals surface area contributed by atoms with Gasteiger partial charge in [0.15, 0.2) is 0 Å². The highest BCUT2D eigenvalue weighted by atomic mass is 19.1. The molecule has 0 fully saturated rings.